The Morgan fingerprint density at radius 3 is 1.86 bits per heavy atom. The van der Waals surface area contributed by atoms with Crippen LogP contribution in [0, 0.1) is 20.2 Å². The first-order chi connectivity index (χ1) is 37.2. The highest BCUT2D eigenvalue weighted by atomic mass is 32.2. The number of hydrogen-bond donors (Lipinski definition) is 8. The fraction of sp³-hybridized carbons (Fsp3) is 0.0500. The molecule has 0 aliphatic carbocycles. The van der Waals surface area contributed by atoms with E-state index in [-0.39, 0.29) is 74.0 Å². The smallest absolute Gasteiger partial charge is 0.319 e. The topological polar surface area (TPSA) is 480 Å². The molecule has 0 unspecified atom stereocenters. The number of rotatable bonds is 24. The average molecular weight is 1180 g/mol. The van der Waals surface area contributed by atoms with Crippen LogP contribution in [0.2, 0.25) is 0 Å². The lowest BCUT2D eigenvalue weighted by molar-refractivity contribution is -0.434. The van der Waals surface area contributed by atoms with Gasteiger partial charge in [-0.1, -0.05) is 21.2 Å². The second-order valence-electron chi connectivity index (χ2n) is 14.6. The number of benzene rings is 7. The molecule has 38 heteroatoms. The van der Waals surface area contributed by atoms with Crippen molar-refractivity contribution in [2.45, 2.75) is 19.6 Å². The molecule has 406 valence electrons. The largest absolute Gasteiger partial charge is 0.505 e. The molecule has 0 aliphatic rings. The minimum atomic E-state index is -5.07. The number of non-ortho nitro benzene ring substituents is 1. The number of azo groups is 4. The van der Waals surface area contributed by atoms with Crippen molar-refractivity contribution in [2.75, 3.05) is 12.4 Å². The van der Waals surface area contributed by atoms with E-state index in [9.17, 15) is 62.0 Å². The van der Waals surface area contributed by atoms with Gasteiger partial charge in [-0.15, -0.1) is 48.8 Å². The Balaban J connectivity index is 1.28. The van der Waals surface area contributed by atoms with Crippen LogP contribution < -0.4 is 0 Å². The van der Waals surface area contributed by atoms with Gasteiger partial charge in [-0.25, -0.2) is 24.2 Å². The van der Waals surface area contributed by atoms with Crippen molar-refractivity contribution in [2.24, 2.45) is 40.9 Å². The van der Waals surface area contributed by atoms with Crippen LogP contribution >= 0.6 is 36.4 Å². The molecule has 0 fully saturated rings. The Labute approximate surface area is 445 Å². The van der Waals surface area contributed by atoms with Gasteiger partial charge >= 0.3 is 5.69 Å². The van der Waals surface area contributed by atoms with Crippen molar-refractivity contribution in [3.8, 4) is 23.0 Å². The van der Waals surface area contributed by atoms with E-state index < -0.39 is 103 Å². The molecular formula is C40H28N10O23S5. The molecule has 0 spiro atoms. The fourth-order valence-electron chi connectivity index (χ4n) is 6.58. The van der Waals surface area contributed by atoms with Crippen LogP contribution in [-0.2, 0) is 52.3 Å². The lowest BCUT2D eigenvalue weighted by Crippen LogP contribution is -2.10. The van der Waals surface area contributed by atoms with Crippen molar-refractivity contribution in [1.82, 2.24) is 0 Å². The van der Waals surface area contributed by atoms with Gasteiger partial charge in [0.1, 0.15) is 22.8 Å². The third kappa shape index (κ3) is 13.7. The predicted octanol–water partition coefficient (Wildman–Crippen LogP) is 12.2. The maximum atomic E-state index is 12.7. The Bertz CT molecular complexity index is 3820. The Morgan fingerprint density at radius 2 is 1.18 bits per heavy atom. The van der Waals surface area contributed by atoms with Crippen LogP contribution in [0.3, 0.4) is 0 Å². The molecule has 78 heavy (non-hydrogen) atoms. The van der Waals surface area contributed by atoms with Crippen molar-refractivity contribution in [3.63, 3.8) is 0 Å². The van der Waals surface area contributed by atoms with Crippen LogP contribution in [0.4, 0.5) is 56.9 Å². The van der Waals surface area contributed by atoms with Gasteiger partial charge in [0.05, 0.1) is 95.2 Å². The van der Waals surface area contributed by atoms with Crippen LogP contribution in [0.5, 0.6) is 23.0 Å². The van der Waals surface area contributed by atoms with Crippen LogP contribution in [-0.4, -0.2) is 79.8 Å². The number of fused-ring (bicyclic) bond motifs is 2. The average Bonchev–Trinajstić information content (AvgIpc) is 3.51. The number of nitrogens with zero attached hydrogens (tertiary/aromatic N) is 10. The Kier molecular flexibility index (Phi) is 18.8. The summed E-state index contributed by atoms with van der Waals surface area (Å²) < 4.78 is 78.6. The van der Waals surface area contributed by atoms with Gasteiger partial charge in [-0.2, -0.15) is 13.5 Å². The van der Waals surface area contributed by atoms with Crippen molar-refractivity contribution >= 4 is 135 Å². The molecule has 0 aromatic heterocycles. The zero-order valence-corrected chi connectivity index (χ0v) is 41.9. The van der Waals surface area contributed by atoms with Gasteiger partial charge in [0.2, 0.25) is 5.75 Å². The van der Waals surface area contributed by atoms with Crippen LogP contribution in [0.1, 0.15) is 0 Å². The normalized spacial score (nSPS) is 12.4. The van der Waals surface area contributed by atoms with Crippen molar-refractivity contribution in [3.05, 3.63) is 117 Å². The summed E-state index contributed by atoms with van der Waals surface area (Å²) in [5.41, 5.74) is -4.72. The van der Waals surface area contributed by atoms with E-state index in [0.717, 1.165) is 30.3 Å². The maximum Gasteiger partial charge on any atom is 0.319 e. The molecule has 7 rings (SSSR count). The minimum absolute atomic E-state index is 0.0507. The van der Waals surface area contributed by atoms with Gasteiger partial charge in [-0.05, 0) is 84.2 Å². The first-order valence-electron chi connectivity index (χ1n) is 20.4. The summed E-state index contributed by atoms with van der Waals surface area (Å²) in [6.07, 6.45) is 0. The molecule has 0 atom stereocenters. The summed E-state index contributed by atoms with van der Waals surface area (Å²) >= 11 is 1.02. The molecule has 0 aliphatic heterocycles. The third-order valence-electron chi connectivity index (χ3n) is 10.0. The molecule has 0 bridgehead atoms. The molecule has 33 nitrogen and oxygen atoms in total. The van der Waals surface area contributed by atoms with Crippen LogP contribution in [0.25, 0.3) is 21.5 Å². The van der Waals surface area contributed by atoms with E-state index in [1.165, 1.54) is 48.5 Å². The van der Waals surface area contributed by atoms with Gasteiger partial charge in [0.25, 0.3) is 15.8 Å². The summed E-state index contributed by atoms with van der Waals surface area (Å²) in [6.45, 7) is -0.313. The minimum Gasteiger partial charge on any atom is -0.505 e. The quantitative estimate of drug-likeness (QED) is 0.00530. The monoisotopic (exact) mass is 1180 g/mol. The van der Waals surface area contributed by atoms with E-state index >= 15 is 0 Å². The van der Waals surface area contributed by atoms with Gasteiger partial charge < -0.3 is 20.4 Å². The zero-order chi connectivity index (χ0) is 56.3. The number of nitro groups is 2. The fourth-order valence-corrected chi connectivity index (χ4v) is 9.42. The van der Waals surface area contributed by atoms with Crippen molar-refractivity contribution < 1.29 is 99.7 Å². The van der Waals surface area contributed by atoms with E-state index in [4.69, 9.17) is 20.0 Å². The zero-order valence-electron chi connectivity index (χ0n) is 37.9. The number of sulfone groups is 1. The van der Waals surface area contributed by atoms with Crippen LogP contribution in [0.15, 0.2) is 158 Å². The predicted molar refractivity (Wildman–Crippen MR) is 265 cm³/mol. The van der Waals surface area contributed by atoms with E-state index in [1.807, 2.05) is 0 Å². The number of aromatic hydroxyl groups is 4. The highest BCUT2D eigenvalue weighted by Crippen LogP contribution is 2.50. The molecule has 7 aromatic rings. The molecule has 0 heterocycles. The number of nitro benzene ring substituents is 2. The summed E-state index contributed by atoms with van der Waals surface area (Å²) in [6, 6.07) is 18.5. The van der Waals surface area contributed by atoms with E-state index in [1.54, 1.807) is 6.07 Å². The third-order valence-corrected chi connectivity index (χ3v) is 14.1. The lowest BCUT2D eigenvalue weighted by Gasteiger charge is -2.12. The van der Waals surface area contributed by atoms with Gasteiger partial charge in [0.15, 0.2) is 39.3 Å². The van der Waals surface area contributed by atoms with Gasteiger partial charge in [0, 0.05) is 21.7 Å². The standard InChI is InChI=1S/C40H28N10O23S5/c51-33-10-9-29(39(53)36(33)47-46-31-15-21(49(55)56)16-32(38(31)52)50(57)58)44-45-30-18-24(78(64,65)66)13-19-14-34(75-72-69-60)37(40(54)35(19)30)48-43-28-8-7-27(25-6-3-22(17-26(25)28)74-71-68-59)42-41-20-1-4-23(5-2-20)77(62,63)12-11-67-76-73-70-61/h1-10,13-18,51-54,59-61H,11-12H2,(H,64,65,66)/b42-41+,45-44-,47-46+,48-43+. The second kappa shape index (κ2) is 25.4. The molecule has 0 radical (unpaired) electrons. The Hall–Kier alpha value is -8.03. The molecule has 7 aromatic carbocycles. The van der Waals surface area contributed by atoms with E-state index in [2.05, 4.69) is 69.0 Å². The van der Waals surface area contributed by atoms with Crippen molar-refractivity contribution in [1.29, 1.82) is 0 Å². The Morgan fingerprint density at radius 1 is 0.551 bits per heavy atom. The summed E-state index contributed by atoms with van der Waals surface area (Å²) in [5.74, 6) is -4.27. The maximum absolute atomic E-state index is 12.7. The molecule has 0 saturated heterocycles. The number of phenolic OH excluding ortho intramolecular Hbond substituents is 4. The summed E-state index contributed by atoms with van der Waals surface area (Å²) in [7, 11) is -8.89. The molecular weight excluding hydrogens is 1150 g/mol. The SMILES string of the molecule is O=[N+]([O-])c1cc(/N=N/c2c(O)ccc(/N=N\c3cc(S(=O)(=O)O)cc4cc(SOOO)c(/N=N/c5ccc(/N=N/c6ccc(S(=O)(=O)CCOSOOO)cc6)c6ccc(SOOO)cc56)c(O)c34)c2O)c(O)c([N+](=O)[O-])c1. The summed E-state index contributed by atoms with van der Waals surface area (Å²) in [4.78, 5) is 19.9. The second-order valence-corrected chi connectivity index (χ2v) is 20.2. The first kappa shape index (κ1) is 57.7. The molecule has 0 amide bonds. The number of phenols is 4. The van der Waals surface area contributed by atoms with E-state index in [0.29, 0.717) is 34.5 Å². The number of hydrogen-bond acceptors (Lipinski definition) is 33. The summed E-state index contributed by atoms with van der Waals surface area (Å²) in [5, 5.41) is 136. The van der Waals surface area contributed by atoms with Gasteiger partial charge in [-0.3, -0.25) is 29.0 Å². The highest BCUT2D eigenvalue weighted by Gasteiger charge is 2.26. The highest BCUT2D eigenvalue weighted by molar-refractivity contribution is 7.95. The lowest BCUT2D eigenvalue weighted by atomic mass is 10.1. The molecule has 0 saturated carbocycles. The molecule has 8 N–H and O–H groups in total. The first-order valence-corrected chi connectivity index (χ1v) is 25.6.